The van der Waals surface area contributed by atoms with E-state index in [1.807, 2.05) is 0 Å². The molecule has 0 saturated heterocycles. The first kappa shape index (κ1) is 13.2. The third-order valence-electron chi connectivity index (χ3n) is 3.54. The van der Waals surface area contributed by atoms with Gasteiger partial charge in [0.05, 0.1) is 5.69 Å². The van der Waals surface area contributed by atoms with E-state index in [2.05, 4.69) is 20.4 Å². The molecule has 0 bridgehead atoms. The Morgan fingerprint density at radius 2 is 2.25 bits per heavy atom. The first-order chi connectivity index (χ1) is 9.74. The van der Waals surface area contributed by atoms with E-state index in [0.717, 1.165) is 18.5 Å². The number of nitrogens with one attached hydrogen (secondary N) is 1. The first-order valence-corrected chi connectivity index (χ1v) is 7.69. The molecule has 0 spiro atoms. The molecule has 1 aliphatic rings. The van der Waals surface area contributed by atoms with Gasteiger partial charge in [-0.3, -0.25) is 4.79 Å². The fourth-order valence-electron chi connectivity index (χ4n) is 2.33. The van der Waals surface area contributed by atoms with Crippen molar-refractivity contribution < 1.29 is 4.79 Å². The van der Waals surface area contributed by atoms with Crippen LogP contribution >= 0.6 is 11.3 Å². The zero-order valence-corrected chi connectivity index (χ0v) is 12.2. The Morgan fingerprint density at radius 1 is 1.40 bits per heavy atom. The van der Waals surface area contributed by atoms with E-state index in [0.29, 0.717) is 5.13 Å². The summed E-state index contributed by atoms with van der Waals surface area (Å²) < 4.78 is 1.54. The molecule has 3 rings (SSSR count). The highest BCUT2D eigenvalue weighted by Crippen LogP contribution is 2.29. The van der Waals surface area contributed by atoms with Crippen LogP contribution in [0.15, 0.2) is 12.7 Å². The lowest BCUT2D eigenvalue weighted by Gasteiger charge is -2.09. The Balaban J connectivity index is 1.70. The average molecular weight is 291 g/mol. The number of hydrogen-bond donors (Lipinski definition) is 1. The number of fused-ring (bicyclic) bond motifs is 1. The Kier molecular flexibility index (Phi) is 3.77. The third-order valence-corrected chi connectivity index (χ3v) is 4.61. The predicted molar refractivity (Wildman–Crippen MR) is 76.7 cm³/mol. The minimum Gasteiger partial charge on any atom is -0.300 e. The summed E-state index contributed by atoms with van der Waals surface area (Å²) in [6.45, 7) is 1.79. The first-order valence-electron chi connectivity index (χ1n) is 6.87. The van der Waals surface area contributed by atoms with Crippen molar-refractivity contribution in [2.45, 2.75) is 45.1 Å². The second kappa shape index (κ2) is 5.70. The van der Waals surface area contributed by atoms with Crippen molar-refractivity contribution in [1.29, 1.82) is 0 Å². The lowest BCUT2D eigenvalue weighted by molar-refractivity contribution is -0.119. The molecule has 1 N–H and O–H groups in total. The van der Waals surface area contributed by atoms with Gasteiger partial charge in [0.15, 0.2) is 5.13 Å². The molecule has 7 heteroatoms. The molecule has 2 aromatic rings. The highest BCUT2D eigenvalue weighted by molar-refractivity contribution is 7.15. The predicted octanol–water partition coefficient (Wildman–Crippen LogP) is 2.20. The van der Waals surface area contributed by atoms with E-state index in [9.17, 15) is 4.79 Å². The second-order valence-electron chi connectivity index (χ2n) is 4.99. The molecule has 106 valence electrons. The number of nitrogens with zero attached hydrogens (tertiary/aromatic N) is 4. The summed E-state index contributed by atoms with van der Waals surface area (Å²) >= 11 is 1.60. The molecular weight excluding hydrogens is 274 g/mol. The van der Waals surface area contributed by atoms with Crippen molar-refractivity contribution >= 4 is 22.4 Å². The lowest BCUT2D eigenvalue weighted by atomic mass is 10.2. The van der Waals surface area contributed by atoms with Crippen LogP contribution < -0.4 is 5.32 Å². The maximum absolute atomic E-state index is 12.2. The summed E-state index contributed by atoms with van der Waals surface area (Å²) in [5, 5.41) is 7.57. The SMILES string of the molecule is C[C@@H](C(=O)Nc1nc2c(s1)CCCCC2)n1cncn1. The Labute approximate surface area is 121 Å². The van der Waals surface area contributed by atoms with Gasteiger partial charge in [-0.1, -0.05) is 6.42 Å². The number of anilines is 1. The fraction of sp³-hybridized carbons (Fsp3) is 0.538. The second-order valence-corrected chi connectivity index (χ2v) is 6.07. The number of carbonyl (C=O) groups is 1. The van der Waals surface area contributed by atoms with Crippen LogP contribution in [0.2, 0.25) is 0 Å². The van der Waals surface area contributed by atoms with Gasteiger partial charge < -0.3 is 5.32 Å². The van der Waals surface area contributed by atoms with Crippen molar-refractivity contribution in [3.05, 3.63) is 23.2 Å². The number of rotatable bonds is 3. The normalized spacial score (nSPS) is 16.2. The van der Waals surface area contributed by atoms with Crippen LogP contribution in [-0.2, 0) is 17.6 Å². The topological polar surface area (TPSA) is 72.7 Å². The monoisotopic (exact) mass is 291 g/mol. The van der Waals surface area contributed by atoms with Crippen LogP contribution in [0.3, 0.4) is 0 Å². The summed E-state index contributed by atoms with van der Waals surface area (Å²) in [7, 11) is 0. The van der Waals surface area contributed by atoms with Gasteiger partial charge in [0.25, 0.3) is 5.91 Å². The molecule has 2 aromatic heterocycles. The summed E-state index contributed by atoms with van der Waals surface area (Å²) in [5.41, 5.74) is 1.16. The van der Waals surface area contributed by atoms with Crippen LogP contribution in [0.5, 0.6) is 0 Å². The van der Waals surface area contributed by atoms with Gasteiger partial charge in [-0.15, -0.1) is 11.3 Å². The zero-order chi connectivity index (χ0) is 13.9. The summed E-state index contributed by atoms with van der Waals surface area (Å²) in [6, 6.07) is -0.388. The van der Waals surface area contributed by atoms with E-state index in [4.69, 9.17) is 0 Å². The summed E-state index contributed by atoms with van der Waals surface area (Å²) in [5.74, 6) is -0.112. The molecule has 0 aromatic carbocycles. The lowest BCUT2D eigenvalue weighted by Crippen LogP contribution is -2.23. The molecule has 0 radical (unpaired) electrons. The number of aryl methyl sites for hydroxylation is 2. The van der Waals surface area contributed by atoms with Crippen LogP contribution in [0.4, 0.5) is 5.13 Å². The quantitative estimate of drug-likeness (QED) is 0.880. The number of aromatic nitrogens is 4. The average Bonchev–Trinajstić information content (AvgIpc) is 3.04. The van der Waals surface area contributed by atoms with Gasteiger partial charge in [0.1, 0.15) is 18.7 Å². The molecule has 0 unspecified atom stereocenters. The van der Waals surface area contributed by atoms with Gasteiger partial charge in [0.2, 0.25) is 0 Å². The van der Waals surface area contributed by atoms with Gasteiger partial charge in [-0.25, -0.2) is 14.6 Å². The Morgan fingerprint density at radius 3 is 3.05 bits per heavy atom. The van der Waals surface area contributed by atoms with E-state index in [1.54, 1.807) is 24.6 Å². The van der Waals surface area contributed by atoms with Gasteiger partial charge in [0, 0.05) is 4.88 Å². The number of carbonyl (C=O) groups excluding carboxylic acids is 1. The highest BCUT2D eigenvalue weighted by Gasteiger charge is 2.19. The highest BCUT2D eigenvalue weighted by atomic mass is 32.1. The van der Waals surface area contributed by atoms with E-state index in [1.165, 1.54) is 35.1 Å². The molecule has 0 saturated carbocycles. The smallest absolute Gasteiger partial charge is 0.250 e. The van der Waals surface area contributed by atoms with E-state index < -0.39 is 0 Å². The summed E-state index contributed by atoms with van der Waals surface area (Å²) in [4.78, 5) is 21.9. The van der Waals surface area contributed by atoms with Crippen molar-refractivity contribution in [2.24, 2.45) is 0 Å². The third kappa shape index (κ3) is 2.72. The minimum atomic E-state index is -0.388. The van der Waals surface area contributed by atoms with Crippen molar-refractivity contribution in [2.75, 3.05) is 5.32 Å². The van der Waals surface area contributed by atoms with E-state index in [-0.39, 0.29) is 11.9 Å². The Bertz CT molecular complexity index is 568. The number of amides is 1. The molecule has 20 heavy (non-hydrogen) atoms. The minimum absolute atomic E-state index is 0.112. The van der Waals surface area contributed by atoms with Gasteiger partial charge in [-0.2, -0.15) is 5.10 Å². The molecule has 0 aliphatic heterocycles. The molecule has 2 heterocycles. The standard InChI is InChI=1S/C13H17N5OS/c1-9(18-8-14-7-15-18)12(19)17-13-16-10-5-3-2-4-6-11(10)20-13/h7-9H,2-6H2,1H3,(H,16,17,19)/t9-/m0/s1. The molecular formula is C13H17N5OS. The van der Waals surface area contributed by atoms with Crippen molar-refractivity contribution in [3.63, 3.8) is 0 Å². The van der Waals surface area contributed by atoms with Crippen LogP contribution in [0.1, 0.15) is 42.8 Å². The molecule has 1 atom stereocenters. The molecule has 6 nitrogen and oxygen atoms in total. The zero-order valence-electron chi connectivity index (χ0n) is 11.4. The molecule has 0 fully saturated rings. The number of thiazole rings is 1. The van der Waals surface area contributed by atoms with Gasteiger partial charge >= 0.3 is 0 Å². The maximum Gasteiger partial charge on any atom is 0.250 e. The van der Waals surface area contributed by atoms with E-state index >= 15 is 0 Å². The summed E-state index contributed by atoms with van der Waals surface area (Å²) in [6.07, 6.45) is 8.77. The van der Waals surface area contributed by atoms with Crippen molar-refractivity contribution in [1.82, 2.24) is 19.7 Å². The Hall–Kier alpha value is -1.76. The molecule has 1 aliphatic carbocycles. The van der Waals surface area contributed by atoms with Crippen LogP contribution in [0, 0.1) is 0 Å². The van der Waals surface area contributed by atoms with Crippen LogP contribution in [-0.4, -0.2) is 25.7 Å². The van der Waals surface area contributed by atoms with Crippen LogP contribution in [0.25, 0.3) is 0 Å². The van der Waals surface area contributed by atoms with Crippen molar-refractivity contribution in [3.8, 4) is 0 Å². The van der Waals surface area contributed by atoms with Gasteiger partial charge in [-0.05, 0) is 32.6 Å². The maximum atomic E-state index is 12.2. The number of hydrogen-bond acceptors (Lipinski definition) is 5. The molecule has 1 amide bonds. The fourth-order valence-corrected chi connectivity index (χ4v) is 3.38. The largest absolute Gasteiger partial charge is 0.300 e.